The zero-order valence-corrected chi connectivity index (χ0v) is 14.0. The van der Waals surface area contributed by atoms with E-state index in [1.807, 2.05) is 30.1 Å². The van der Waals surface area contributed by atoms with E-state index in [1.165, 1.54) is 0 Å². The lowest BCUT2D eigenvalue weighted by molar-refractivity contribution is -0.117. The van der Waals surface area contributed by atoms with Gasteiger partial charge in [-0.2, -0.15) is 5.26 Å². The highest BCUT2D eigenvalue weighted by Gasteiger charge is 2.11. The summed E-state index contributed by atoms with van der Waals surface area (Å²) in [5.41, 5.74) is 1.96. The maximum absolute atomic E-state index is 12.1. The number of carbonyl (C=O) groups excluding carboxylic acids is 1. The van der Waals surface area contributed by atoms with E-state index >= 15 is 0 Å². The highest BCUT2D eigenvalue weighted by molar-refractivity contribution is 6.42. The molecule has 1 N–H and O–H groups in total. The second kappa shape index (κ2) is 7.98. The van der Waals surface area contributed by atoms with Gasteiger partial charge in [-0.3, -0.25) is 9.69 Å². The van der Waals surface area contributed by atoms with E-state index < -0.39 is 0 Å². The van der Waals surface area contributed by atoms with Gasteiger partial charge in [0.15, 0.2) is 0 Å². The molecule has 1 amide bonds. The van der Waals surface area contributed by atoms with Crippen molar-refractivity contribution >= 4 is 34.8 Å². The highest BCUT2D eigenvalue weighted by Crippen LogP contribution is 2.26. The van der Waals surface area contributed by atoms with Gasteiger partial charge in [0.2, 0.25) is 5.91 Å². The molecule has 0 fully saturated rings. The van der Waals surface area contributed by atoms with Crippen LogP contribution in [0.15, 0.2) is 42.5 Å². The minimum absolute atomic E-state index is 0.166. The maximum Gasteiger partial charge on any atom is 0.238 e. The summed E-state index contributed by atoms with van der Waals surface area (Å²) in [4.78, 5) is 13.9. The summed E-state index contributed by atoms with van der Waals surface area (Å²) in [5, 5.41) is 12.6. The molecule has 0 aliphatic rings. The number of anilines is 1. The third kappa shape index (κ3) is 4.97. The monoisotopic (exact) mass is 347 g/mol. The van der Waals surface area contributed by atoms with Crippen LogP contribution in [-0.4, -0.2) is 24.4 Å². The standard InChI is InChI=1S/C17H15Cl2N3O/c1-22(10-13-5-3-7-15(18)17(13)19)11-16(23)21-14-6-2-4-12(8-14)9-20/h2-8H,10-11H2,1H3,(H,21,23). The van der Waals surface area contributed by atoms with Crippen LogP contribution >= 0.6 is 23.2 Å². The zero-order chi connectivity index (χ0) is 16.8. The Morgan fingerprint density at radius 2 is 2.00 bits per heavy atom. The predicted octanol–water partition coefficient (Wildman–Crippen LogP) is 3.94. The zero-order valence-electron chi connectivity index (χ0n) is 12.5. The molecule has 2 aromatic rings. The van der Waals surface area contributed by atoms with Crippen molar-refractivity contribution < 1.29 is 4.79 Å². The molecule has 0 aromatic heterocycles. The maximum atomic E-state index is 12.1. The molecular formula is C17H15Cl2N3O. The fourth-order valence-corrected chi connectivity index (χ4v) is 2.51. The second-order valence-corrected chi connectivity index (χ2v) is 5.91. The Labute approximate surface area is 145 Å². The molecule has 4 nitrogen and oxygen atoms in total. The number of nitriles is 1. The number of rotatable bonds is 5. The Morgan fingerprint density at radius 3 is 2.74 bits per heavy atom. The van der Waals surface area contributed by atoms with Crippen LogP contribution in [0.3, 0.4) is 0 Å². The molecule has 0 heterocycles. The van der Waals surface area contributed by atoms with Crippen molar-refractivity contribution in [3.05, 3.63) is 63.6 Å². The van der Waals surface area contributed by atoms with Gasteiger partial charge >= 0.3 is 0 Å². The largest absolute Gasteiger partial charge is 0.325 e. The topological polar surface area (TPSA) is 56.1 Å². The lowest BCUT2D eigenvalue weighted by atomic mass is 10.2. The van der Waals surface area contributed by atoms with Gasteiger partial charge < -0.3 is 5.32 Å². The van der Waals surface area contributed by atoms with Crippen molar-refractivity contribution in [2.45, 2.75) is 6.54 Å². The smallest absolute Gasteiger partial charge is 0.238 e. The second-order valence-electron chi connectivity index (χ2n) is 5.13. The van der Waals surface area contributed by atoms with Crippen molar-refractivity contribution in [1.82, 2.24) is 4.90 Å². The van der Waals surface area contributed by atoms with Gasteiger partial charge in [0.25, 0.3) is 0 Å². The van der Waals surface area contributed by atoms with Crippen LogP contribution in [-0.2, 0) is 11.3 Å². The number of hydrogen-bond acceptors (Lipinski definition) is 3. The predicted molar refractivity (Wildman–Crippen MR) is 92.6 cm³/mol. The lowest BCUT2D eigenvalue weighted by Crippen LogP contribution is -2.29. The van der Waals surface area contributed by atoms with E-state index in [-0.39, 0.29) is 12.5 Å². The highest BCUT2D eigenvalue weighted by atomic mass is 35.5. The van der Waals surface area contributed by atoms with Crippen LogP contribution in [0, 0.1) is 11.3 Å². The van der Waals surface area contributed by atoms with Gasteiger partial charge in [0.1, 0.15) is 0 Å². The van der Waals surface area contributed by atoms with Gasteiger partial charge in [0, 0.05) is 12.2 Å². The molecule has 0 unspecified atom stereocenters. The average Bonchev–Trinajstić information content (AvgIpc) is 2.51. The molecule has 0 bridgehead atoms. The fourth-order valence-electron chi connectivity index (χ4n) is 2.13. The summed E-state index contributed by atoms with van der Waals surface area (Å²) in [5.74, 6) is -0.166. The molecule has 0 spiro atoms. The van der Waals surface area contributed by atoms with Gasteiger partial charge in [-0.15, -0.1) is 0 Å². The molecule has 0 atom stereocenters. The number of benzene rings is 2. The van der Waals surface area contributed by atoms with E-state index in [4.69, 9.17) is 28.5 Å². The van der Waals surface area contributed by atoms with Crippen molar-refractivity contribution in [2.24, 2.45) is 0 Å². The van der Waals surface area contributed by atoms with Crippen molar-refractivity contribution in [1.29, 1.82) is 5.26 Å². The molecule has 0 saturated carbocycles. The summed E-state index contributed by atoms with van der Waals surface area (Å²) >= 11 is 12.1. The summed E-state index contributed by atoms with van der Waals surface area (Å²) in [6.45, 7) is 0.699. The average molecular weight is 348 g/mol. The minimum Gasteiger partial charge on any atom is -0.325 e. The number of halogens is 2. The Bertz CT molecular complexity index is 756. The van der Waals surface area contributed by atoms with Crippen LogP contribution in [0.25, 0.3) is 0 Å². The third-order valence-electron chi connectivity index (χ3n) is 3.16. The summed E-state index contributed by atoms with van der Waals surface area (Å²) < 4.78 is 0. The molecule has 0 aliphatic carbocycles. The lowest BCUT2D eigenvalue weighted by Gasteiger charge is -2.17. The van der Waals surface area contributed by atoms with E-state index in [2.05, 4.69) is 5.32 Å². The molecule has 0 radical (unpaired) electrons. The molecule has 118 valence electrons. The van der Waals surface area contributed by atoms with Crippen LogP contribution < -0.4 is 5.32 Å². The quantitative estimate of drug-likeness (QED) is 0.891. The summed E-state index contributed by atoms with van der Waals surface area (Å²) in [6, 6.07) is 14.2. The van der Waals surface area contributed by atoms with E-state index in [9.17, 15) is 4.79 Å². The summed E-state index contributed by atoms with van der Waals surface area (Å²) in [7, 11) is 1.82. The minimum atomic E-state index is -0.166. The number of nitrogens with zero attached hydrogens (tertiary/aromatic N) is 2. The SMILES string of the molecule is CN(CC(=O)Nc1cccc(C#N)c1)Cc1cccc(Cl)c1Cl. The van der Waals surface area contributed by atoms with Crippen LogP contribution in [0.4, 0.5) is 5.69 Å². The van der Waals surface area contributed by atoms with Gasteiger partial charge in [-0.1, -0.05) is 41.4 Å². The normalized spacial score (nSPS) is 10.4. The Balaban J connectivity index is 1.94. The summed E-state index contributed by atoms with van der Waals surface area (Å²) in [6.07, 6.45) is 0. The molecule has 0 saturated heterocycles. The van der Waals surface area contributed by atoms with Gasteiger partial charge in [-0.05, 0) is 36.9 Å². The number of likely N-dealkylation sites (N-methyl/N-ethyl adjacent to an activating group) is 1. The number of hydrogen-bond donors (Lipinski definition) is 1. The first-order chi connectivity index (χ1) is 11.0. The first-order valence-electron chi connectivity index (χ1n) is 6.91. The van der Waals surface area contributed by atoms with Crippen molar-refractivity contribution in [3.63, 3.8) is 0 Å². The van der Waals surface area contributed by atoms with Gasteiger partial charge in [-0.25, -0.2) is 0 Å². The first kappa shape index (κ1) is 17.3. The van der Waals surface area contributed by atoms with Crippen LogP contribution in [0.5, 0.6) is 0 Å². The molecule has 2 aromatic carbocycles. The van der Waals surface area contributed by atoms with E-state index in [0.717, 1.165) is 5.56 Å². The molecule has 6 heteroatoms. The van der Waals surface area contributed by atoms with Crippen molar-refractivity contribution in [2.75, 3.05) is 18.9 Å². The Morgan fingerprint density at radius 1 is 1.26 bits per heavy atom. The molecule has 2 rings (SSSR count). The number of carbonyl (C=O) groups is 1. The third-order valence-corrected chi connectivity index (χ3v) is 4.02. The first-order valence-corrected chi connectivity index (χ1v) is 7.66. The Kier molecular flexibility index (Phi) is 6.00. The van der Waals surface area contributed by atoms with E-state index in [1.54, 1.807) is 30.3 Å². The van der Waals surface area contributed by atoms with E-state index in [0.29, 0.717) is 27.8 Å². The molecule has 23 heavy (non-hydrogen) atoms. The molecular weight excluding hydrogens is 333 g/mol. The number of amides is 1. The van der Waals surface area contributed by atoms with Crippen LogP contribution in [0.1, 0.15) is 11.1 Å². The Hall–Kier alpha value is -2.06. The number of nitrogens with one attached hydrogen (secondary N) is 1. The van der Waals surface area contributed by atoms with Crippen LogP contribution in [0.2, 0.25) is 10.0 Å². The van der Waals surface area contributed by atoms with Crippen molar-refractivity contribution in [3.8, 4) is 6.07 Å². The van der Waals surface area contributed by atoms with Gasteiger partial charge in [0.05, 0.1) is 28.2 Å². The fraction of sp³-hybridized carbons (Fsp3) is 0.176. The molecule has 0 aliphatic heterocycles.